The van der Waals surface area contributed by atoms with Gasteiger partial charge in [-0.1, -0.05) is 30.3 Å². The number of ether oxygens (including phenoxy) is 1. The van der Waals surface area contributed by atoms with E-state index in [1.807, 2.05) is 42.5 Å². The van der Waals surface area contributed by atoms with Crippen LogP contribution in [0.25, 0.3) is 0 Å². The summed E-state index contributed by atoms with van der Waals surface area (Å²) in [5.74, 6) is 1.76. The Kier molecular flexibility index (Phi) is 6.46. The second-order valence-corrected chi connectivity index (χ2v) is 6.58. The van der Waals surface area contributed by atoms with Crippen molar-refractivity contribution in [3.63, 3.8) is 0 Å². The predicted molar refractivity (Wildman–Crippen MR) is 101 cm³/mol. The molecule has 0 heterocycles. The van der Waals surface area contributed by atoms with E-state index < -0.39 is 0 Å². The van der Waals surface area contributed by atoms with Gasteiger partial charge in [0.15, 0.2) is 0 Å². The molecule has 0 aromatic heterocycles. The monoisotopic (exact) mass is 338 g/mol. The van der Waals surface area contributed by atoms with Gasteiger partial charge in [-0.25, -0.2) is 0 Å². The SMILES string of the molecule is O=C(CCCOc1ccccc1)Nc1ccc(CNCC2CC2)cc1. The molecule has 3 rings (SSSR count). The first kappa shape index (κ1) is 17.5. The average Bonchev–Trinajstić information content (AvgIpc) is 3.46. The molecule has 4 heteroatoms. The number of nitrogens with one attached hydrogen (secondary N) is 2. The van der Waals surface area contributed by atoms with Crippen LogP contribution in [0.5, 0.6) is 5.75 Å². The lowest BCUT2D eigenvalue weighted by Crippen LogP contribution is -2.16. The molecule has 1 aliphatic carbocycles. The van der Waals surface area contributed by atoms with Crippen LogP contribution in [0.15, 0.2) is 54.6 Å². The third-order valence-corrected chi connectivity index (χ3v) is 4.26. The fourth-order valence-corrected chi connectivity index (χ4v) is 2.61. The summed E-state index contributed by atoms with van der Waals surface area (Å²) in [7, 11) is 0. The van der Waals surface area contributed by atoms with Gasteiger partial charge in [-0.3, -0.25) is 4.79 Å². The van der Waals surface area contributed by atoms with Gasteiger partial charge in [-0.2, -0.15) is 0 Å². The number of anilines is 1. The first-order valence-corrected chi connectivity index (χ1v) is 9.07. The number of para-hydroxylation sites is 1. The van der Waals surface area contributed by atoms with Crippen LogP contribution in [0, 0.1) is 5.92 Å². The Hall–Kier alpha value is -2.33. The van der Waals surface area contributed by atoms with Crippen LogP contribution in [0.3, 0.4) is 0 Å². The molecule has 1 fully saturated rings. The topological polar surface area (TPSA) is 50.4 Å². The zero-order chi connectivity index (χ0) is 17.3. The molecule has 0 unspecified atom stereocenters. The first-order valence-electron chi connectivity index (χ1n) is 9.07. The summed E-state index contributed by atoms with van der Waals surface area (Å²) in [6.45, 7) is 2.55. The van der Waals surface area contributed by atoms with Crippen molar-refractivity contribution in [1.29, 1.82) is 0 Å². The van der Waals surface area contributed by atoms with E-state index in [0.717, 1.165) is 30.4 Å². The summed E-state index contributed by atoms with van der Waals surface area (Å²) < 4.78 is 5.59. The Morgan fingerprint density at radius 1 is 1.04 bits per heavy atom. The highest BCUT2D eigenvalue weighted by Gasteiger charge is 2.19. The second kappa shape index (κ2) is 9.23. The number of hydrogen-bond acceptors (Lipinski definition) is 3. The summed E-state index contributed by atoms with van der Waals surface area (Å²) in [5.41, 5.74) is 2.09. The smallest absolute Gasteiger partial charge is 0.224 e. The normalized spacial score (nSPS) is 13.4. The molecule has 1 amide bonds. The van der Waals surface area contributed by atoms with Crippen molar-refractivity contribution in [2.45, 2.75) is 32.2 Å². The fraction of sp³-hybridized carbons (Fsp3) is 0.381. The maximum absolute atomic E-state index is 12.0. The van der Waals surface area contributed by atoms with Gasteiger partial charge in [0.1, 0.15) is 5.75 Å². The number of benzene rings is 2. The predicted octanol–water partition coefficient (Wildman–Crippen LogP) is 3.98. The van der Waals surface area contributed by atoms with Gasteiger partial charge in [0, 0.05) is 18.7 Å². The van der Waals surface area contributed by atoms with Crippen molar-refractivity contribution in [3.8, 4) is 5.75 Å². The molecule has 0 saturated heterocycles. The molecule has 1 aliphatic rings. The Labute approximate surface area is 149 Å². The Balaban J connectivity index is 1.31. The molecule has 0 atom stereocenters. The van der Waals surface area contributed by atoms with E-state index in [1.165, 1.54) is 18.4 Å². The average molecular weight is 338 g/mol. The van der Waals surface area contributed by atoms with E-state index >= 15 is 0 Å². The zero-order valence-corrected chi connectivity index (χ0v) is 14.5. The number of amides is 1. The lowest BCUT2D eigenvalue weighted by atomic mass is 10.2. The summed E-state index contributed by atoms with van der Waals surface area (Å²) in [4.78, 5) is 12.0. The molecule has 2 aromatic carbocycles. The molecule has 1 saturated carbocycles. The summed E-state index contributed by atoms with van der Waals surface area (Å²) in [6.07, 6.45) is 3.89. The largest absolute Gasteiger partial charge is 0.494 e. The summed E-state index contributed by atoms with van der Waals surface area (Å²) >= 11 is 0. The number of carbonyl (C=O) groups excluding carboxylic acids is 1. The van der Waals surface area contributed by atoms with E-state index in [0.29, 0.717) is 19.4 Å². The molecular weight excluding hydrogens is 312 g/mol. The standard InChI is InChI=1S/C21H26N2O2/c24-21(7-4-14-25-20-5-2-1-3-6-20)23-19-12-10-18(11-13-19)16-22-15-17-8-9-17/h1-3,5-6,10-13,17,22H,4,7-9,14-16H2,(H,23,24). The minimum atomic E-state index is 0.0243. The van der Waals surface area contributed by atoms with Crippen LogP contribution in [-0.4, -0.2) is 19.1 Å². The Morgan fingerprint density at radius 3 is 2.52 bits per heavy atom. The lowest BCUT2D eigenvalue weighted by Gasteiger charge is -2.08. The van der Waals surface area contributed by atoms with E-state index in [-0.39, 0.29) is 5.91 Å². The highest BCUT2D eigenvalue weighted by molar-refractivity contribution is 5.90. The molecule has 0 radical (unpaired) electrons. The highest BCUT2D eigenvalue weighted by atomic mass is 16.5. The number of carbonyl (C=O) groups is 1. The maximum Gasteiger partial charge on any atom is 0.224 e. The third-order valence-electron chi connectivity index (χ3n) is 4.26. The van der Waals surface area contributed by atoms with Crippen molar-refractivity contribution in [3.05, 3.63) is 60.2 Å². The summed E-state index contributed by atoms with van der Waals surface area (Å²) in [5, 5.41) is 6.41. The molecule has 132 valence electrons. The van der Waals surface area contributed by atoms with E-state index in [1.54, 1.807) is 0 Å². The second-order valence-electron chi connectivity index (χ2n) is 6.58. The van der Waals surface area contributed by atoms with Gasteiger partial charge in [-0.15, -0.1) is 0 Å². The number of rotatable bonds is 10. The molecule has 25 heavy (non-hydrogen) atoms. The quantitative estimate of drug-likeness (QED) is 0.644. The van der Waals surface area contributed by atoms with Gasteiger partial charge in [0.2, 0.25) is 5.91 Å². The molecule has 2 aromatic rings. The van der Waals surface area contributed by atoms with E-state index in [4.69, 9.17) is 4.74 Å². The highest BCUT2D eigenvalue weighted by Crippen LogP contribution is 2.27. The van der Waals surface area contributed by atoms with Gasteiger partial charge < -0.3 is 15.4 Å². The van der Waals surface area contributed by atoms with Crippen molar-refractivity contribution >= 4 is 11.6 Å². The summed E-state index contributed by atoms with van der Waals surface area (Å²) in [6, 6.07) is 17.7. The minimum Gasteiger partial charge on any atom is -0.494 e. The van der Waals surface area contributed by atoms with Crippen LogP contribution in [0.2, 0.25) is 0 Å². The van der Waals surface area contributed by atoms with Crippen LogP contribution < -0.4 is 15.4 Å². The van der Waals surface area contributed by atoms with Crippen LogP contribution in [0.1, 0.15) is 31.2 Å². The number of hydrogen-bond donors (Lipinski definition) is 2. The van der Waals surface area contributed by atoms with E-state index in [9.17, 15) is 4.79 Å². The fourth-order valence-electron chi connectivity index (χ4n) is 2.61. The zero-order valence-electron chi connectivity index (χ0n) is 14.5. The van der Waals surface area contributed by atoms with Crippen LogP contribution in [0.4, 0.5) is 5.69 Å². The molecule has 2 N–H and O–H groups in total. The lowest BCUT2D eigenvalue weighted by molar-refractivity contribution is -0.116. The van der Waals surface area contributed by atoms with Gasteiger partial charge in [0.25, 0.3) is 0 Å². The van der Waals surface area contributed by atoms with Gasteiger partial charge >= 0.3 is 0 Å². The minimum absolute atomic E-state index is 0.0243. The maximum atomic E-state index is 12.0. The van der Waals surface area contributed by atoms with E-state index in [2.05, 4.69) is 22.8 Å². The third kappa shape index (κ3) is 6.59. The van der Waals surface area contributed by atoms with Crippen molar-refractivity contribution in [2.75, 3.05) is 18.5 Å². The van der Waals surface area contributed by atoms with Crippen LogP contribution >= 0.6 is 0 Å². The molecule has 0 spiro atoms. The van der Waals surface area contributed by atoms with Crippen molar-refractivity contribution < 1.29 is 9.53 Å². The molecule has 0 bridgehead atoms. The van der Waals surface area contributed by atoms with Crippen molar-refractivity contribution in [2.24, 2.45) is 5.92 Å². The van der Waals surface area contributed by atoms with Crippen LogP contribution in [-0.2, 0) is 11.3 Å². The van der Waals surface area contributed by atoms with Gasteiger partial charge in [0.05, 0.1) is 6.61 Å². The molecule has 0 aliphatic heterocycles. The Morgan fingerprint density at radius 2 is 1.80 bits per heavy atom. The molecular formula is C21H26N2O2. The first-order chi connectivity index (χ1) is 12.3. The van der Waals surface area contributed by atoms with Crippen molar-refractivity contribution in [1.82, 2.24) is 5.32 Å². The Bertz CT molecular complexity index is 651. The van der Waals surface area contributed by atoms with Gasteiger partial charge in [-0.05, 0) is 61.6 Å². The molecule has 4 nitrogen and oxygen atoms in total.